The molecule has 0 spiro atoms. The normalized spacial score (nSPS) is 10.3. The first-order valence-electron chi connectivity index (χ1n) is 5.41. The Labute approximate surface area is 91.5 Å². The third kappa shape index (κ3) is 3.13. The first-order chi connectivity index (χ1) is 7.19. The third-order valence-electron chi connectivity index (χ3n) is 2.49. The second kappa shape index (κ2) is 5.61. The summed E-state index contributed by atoms with van der Waals surface area (Å²) in [6.07, 6.45) is 0.779. The molecule has 0 aliphatic heterocycles. The average Bonchev–Trinajstić information content (AvgIpc) is 2.24. The number of nitrogen functional groups attached to an aromatic ring is 1. The van der Waals surface area contributed by atoms with Crippen LogP contribution in [-0.4, -0.2) is 24.8 Å². The second-order valence-corrected chi connectivity index (χ2v) is 3.72. The first-order valence-corrected chi connectivity index (χ1v) is 5.41. The van der Waals surface area contributed by atoms with Crippen molar-refractivity contribution in [1.29, 1.82) is 0 Å². The lowest BCUT2D eigenvalue weighted by atomic mass is 10.1. The van der Waals surface area contributed by atoms with Gasteiger partial charge < -0.3 is 15.7 Å². The van der Waals surface area contributed by atoms with Crippen molar-refractivity contribution in [2.24, 2.45) is 0 Å². The molecular formula is C12H20N2O. The highest BCUT2D eigenvalue weighted by Crippen LogP contribution is 2.24. The number of nitrogens with zero attached hydrogens (tertiary/aromatic N) is 1. The van der Waals surface area contributed by atoms with Crippen molar-refractivity contribution in [2.45, 2.75) is 20.3 Å². The summed E-state index contributed by atoms with van der Waals surface area (Å²) >= 11 is 0. The number of aryl methyl sites for hydroxylation is 1. The van der Waals surface area contributed by atoms with Crippen LogP contribution < -0.4 is 10.6 Å². The molecule has 3 N–H and O–H groups in total. The van der Waals surface area contributed by atoms with Gasteiger partial charge in [-0.15, -0.1) is 0 Å². The van der Waals surface area contributed by atoms with Crippen LogP contribution in [-0.2, 0) is 0 Å². The van der Waals surface area contributed by atoms with Crippen molar-refractivity contribution in [1.82, 2.24) is 0 Å². The lowest BCUT2D eigenvalue weighted by Gasteiger charge is -2.24. The van der Waals surface area contributed by atoms with Crippen LogP contribution in [0.4, 0.5) is 11.4 Å². The van der Waals surface area contributed by atoms with Crippen LogP contribution in [0.5, 0.6) is 0 Å². The minimum Gasteiger partial charge on any atom is -0.397 e. The van der Waals surface area contributed by atoms with E-state index in [9.17, 15) is 0 Å². The monoisotopic (exact) mass is 208 g/mol. The summed E-state index contributed by atoms with van der Waals surface area (Å²) in [6, 6.07) is 6.04. The molecule has 0 aliphatic carbocycles. The summed E-state index contributed by atoms with van der Waals surface area (Å²) in [5.41, 5.74) is 9.02. The number of aliphatic hydroxyl groups excluding tert-OH is 1. The maximum absolute atomic E-state index is 8.82. The van der Waals surface area contributed by atoms with E-state index in [1.807, 2.05) is 12.1 Å². The average molecular weight is 208 g/mol. The van der Waals surface area contributed by atoms with Crippen LogP contribution in [0.15, 0.2) is 18.2 Å². The van der Waals surface area contributed by atoms with Gasteiger partial charge in [-0.3, -0.25) is 0 Å². The molecule has 0 radical (unpaired) electrons. The minimum absolute atomic E-state index is 0.224. The summed E-state index contributed by atoms with van der Waals surface area (Å²) in [6.45, 7) is 6.14. The number of nitrogens with two attached hydrogens (primary N) is 1. The molecule has 1 aromatic rings. The molecule has 0 atom stereocenters. The smallest absolute Gasteiger partial charge is 0.0602 e. The Hall–Kier alpha value is -1.22. The van der Waals surface area contributed by atoms with Crippen LogP contribution in [0.25, 0.3) is 0 Å². The molecule has 1 aromatic carbocycles. The lowest BCUT2D eigenvalue weighted by molar-refractivity contribution is 0.289. The standard InChI is InChI=1S/C12H20N2O/c1-3-14(7-4-8-15)12-9-10(2)5-6-11(12)13/h5-6,9,15H,3-4,7-8,13H2,1-2H3. The van der Waals surface area contributed by atoms with Gasteiger partial charge in [0.25, 0.3) is 0 Å². The molecule has 15 heavy (non-hydrogen) atoms. The van der Waals surface area contributed by atoms with Gasteiger partial charge in [-0.25, -0.2) is 0 Å². The summed E-state index contributed by atoms with van der Waals surface area (Å²) in [5.74, 6) is 0. The van der Waals surface area contributed by atoms with Crippen molar-refractivity contribution in [3.8, 4) is 0 Å². The summed E-state index contributed by atoms with van der Waals surface area (Å²) in [5, 5.41) is 8.82. The molecule has 0 aliphatic rings. The van der Waals surface area contributed by atoms with Gasteiger partial charge in [-0.2, -0.15) is 0 Å². The van der Waals surface area contributed by atoms with Gasteiger partial charge in [0.05, 0.1) is 11.4 Å². The van der Waals surface area contributed by atoms with E-state index in [4.69, 9.17) is 10.8 Å². The van der Waals surface area contributed by atoms with Gasteiger partial charge in [0.15, 0.2) is 0 Å². The van der Waals surface area contributed by atoms with Gasteiger partial charge >= 0.3 is 0 Å². The van der Waals surface area contributed by atoms with E-state index in [1.165, 1.54) is 5.56 Å². The van der Waals surface area contributed by atoms with Crippen LogP contribution in [0.2, 0.25) is 0 Å². The molecule has 1 rings (SSSR count). The first kappa shape index (κ1) is 11.9. The van der Waals surface area contributed by atoms with E-state index in [0.29, 0.717) is 0 Å². The number of rotatable bonds is 5. The van der Waals surface area contributed by atoms with Gasteiger partial charge in [-0.1, -0.05) is 6.07 Å². The van der Waals surface area contributed by atoms with E-state index in [1.54, 1.807) is 0 Å². The summed E-state index contributed by atoms with van der Waals surface area (Å²) < 4.78 is 0. The molecule has 0 bridgehead atoms. The van der Waals surface area contributed by atoms with Crippen molar-refractivity contribution in [2.75, 3.05) is 30.3 Å². The zero-order valence-corrected chi connectivity index (χ0v) is 9.53. The van der Waals surface area contributed by atoms with E-state index in [0.717, 1.165) is 30.9 Å². The molecule has 3 nitrogen and oxygen atoms in total. The van der Waals surface area contributed by atoms with E-state index < -0.39 is 0 Å². The Morgan fingerprint density at radius 1 is 1.40 bits per heavy atom. The van der Waals surface area contributed by atoms with Gasteiger partial charge in [-0.05, 0) is 38.0 Å². The molecule has 0 heterocycles. The molecule has 0 unspecified atom stereocenters. The maximum Gasteiger partial charge on any atom is 0.0602 e. The molecule has 0 saturated carbocycles. The van der Waals surface area contributed by atoms with Gasteiger partial charge in [0, 0.05) is 19.7 Å². The Morgan fingerprint density at radius 3 is 2.73 bits per heavy atom. The molecule has 0 fully saturated rings. The fourth-order valence-electron chi connectivity index (χ4n) is 1.64. The van der Waals surface area contributed by atoms with Crippen molar-refractivity contribution in [3.05, 3.63) is 23.8 Å². The fraction of sp³-hybridized carbons (Fsp3) is 0.500. The van der Waals surface area contributed by atoms with E-state index in [-0.39, 0.29) is 6.61 Å². The largest absolute Gasteiger partial charge is 0.397 e. The number of hydrogen-bond donors (Lipinski definition) is 2. The predicted molar refractivity (Wildman–Crippen MR) is 65.2 cm³/mol. The second-order valence-electron chi connectivity index (χ2n) is 3.72. The van der Waals surface area contributed by atoms with Gasteiger partial charge in [0.2, 0.25) is 0 Å². The zero-order valence-electron chi connectivity index (χ0n) is 9.53. The number of hydrogen-bond acceptors (Lipinski definition) is 3. The van der Waals surface area contributed by atoms with E-state index >= 15 is 0 Å². The third-order valence-corrected chi connectivity index (χ3v) is 2.49. The summed E-state index contributed by atoms with van der Waals surface area (Å²) in [4.78, 5) is 2.19. The molecular weight excluding hydrogens is 188 g/mol. The van der Waals surface area contributed by atoms with Crippen molar-refractivity contribution < 1.29 is 5.11 Å². The fourth-order valence-corrected chi connectivity index (χ4v) is 1.64. The van der Waals surface area contributed by atoms with Gasteiger partial charge in [0.1, 0.15) is 0 Å². The van der Waals surface area contributed by atoms with Crippen LogP contribution in [0.1, 0.15) is 18.9 Å². The molecule has 3 heteroatoms. The highest BCUT2D eigenvalue weighted by Gasteiger charge is 2.07. The number of anilines is 2. The SMILES string of the molecule is CCN(CCCO)c1cc(C)ccc1N. The Kier molecular flexibility index (Phi) is 4.43. The highest BCUT2D eigenvalue weighted by atomic mass is 16.3. The topological polar surface area (TPSA) is 49.5 Å². The van der Waals surface area contributed by atoms with Crippen molar-refractivity contribution in [3.63, 3.8) is 0 Å². The Morgan fingerprint density at radius 2 is 2.13 bits per heavy atom. The lowest BCUT2D eigenvalue weighted by Crippen LogP contribution is -2.25. The van der Waals surface area contributed by atoms with Crippen LogP contribution in [0.3, 0.4) is 0 Å². The molecule has 84 valence electrons. The Bertz CT molecular complexity index is 312. The summed E-state index contributed by atoms with van der Waals surface area (Å²) in [7, 11) is 0. The Balaban J connectivity index is 2.85. The van der Waals surface area contributed by atoms with E-state index in [2.05, 4.69) is 24.8 Å². The quantitative estimate of drug-likeness (QED) is 0.725. The highest BCUT2D eigenvalue weighted by molar-refractivity contribution is 5.68. The maximum atomic E-state index is 8.82. The molecule has 0 aromatic heterocycles. The van der Waals surface area contributed by atoms with Crippen molar-refractivity contribution >= 4 is 11.4 Å². The number of aliphatic hydroxyl groups is 1. The zero-order chi connectivity index (χ0) is 11.3. The predicted octanol–water partition coefficient (Wildman–Crippen LogP) is 1.79. The molecule has 0 amide bonds. The minimum atomic E-state index is 0.224. The van der Waals surface area contributed by atoms with Crippen LogP contribution in [0, 0.1) is 6.92 Å². The van der Waals surface area contributed by atoms with Crippen LogP contribution >= 0.6 is 0 Å². The number of benzene rings is 1. The molecule has 0 saturated heterocycles.